The monoisotopic (exact) mass is 345 g/mol. The molecule has 0 aliphatic carbocycles. The standard InChI is InChI=1S/C18H15N7O/c26-18(16-3-1-2-4-17(16)25-13-21-22-23-25)20-11-14-5-7-15(8-6-14)24-10-9-19-12-24/h1-10,12-13H,11H2,(H,20,26). The molecule has 4 rings (SSSR count). The van der Waals surface area contributed by atoms with Crippen LogP contribution >= 0.6 is 0 Å². The van der Waals surface area contributed by atoms with Crippen molar-refractivity contribution in [3.63, 3.8) is 0 Å². The maximum atomic E-state index is 12.6. The van der Waals surface area contributed by atoms with Crippen molar-refractivity contribution in [2.24, 2.45) is 0 Å². The normalized spacial score (nSPS) is 10.6. The fourth-order valence-corrected chi connectivity index (χ4v) is 2.61. The minimum absolute atomic E-state index is 0.185. The van der Waals surface area contributed by atoms with Crippen LogP contribution in [0.25, 0.3) is 11.4 Å². The van der Waals surface area contributed by atoms with Crippen LogP contribution in [0.5, 0.6) is 0 Å². The summed E-state index contributed by atoms with van der Waals surface area (Å²) in [5, 5.41) is 14.0. The van der Waals surface area contributed by atoms with Gasteiger partial charge in [0, 0.05) is 24.6 Å². The number of hydrogen-bond donors (Lipinski definition) is 1. The Bertz CT molecular complexity index is 992. The number of rotatable bonds is 5. The zero-order chi connectivity index (χ0) is 17.8. The fourth-order valence-electron chi connectivity index (χ4n) is 2.61. The van der Waals surface area contributed by atoms with E-state index in [2.05, 4.69) is 25.8 Å². The van der Waals surface area contributed by atoms with Crippen molar-refractivity contribution in [2.75, 3.05) is 0 Å². The molecule has 26 heavy (non-hydrogen) atoms. The minimum Gasteiger partial charge on any atom is -0.348 e. The second-order valence-corrected chi connectivity index (χ2v) is 5.59. The Balaban J connectivity index is 1.46. The van der Waals surface area contributed by atoms with E-state index >= 15 is 0 Å². The van der Waals surface area contributed by atoms with Crippen molar-refractivity contribution in [3.05, 3.63) is 84.7 Å². The van der Waals surface area contributed by atoms with Gasteiger partial charge in [0.2, 0.25) is 0 Å². The molecule has 0 spiro atoms. The van der Waals surface area contributed by atoms with Crippen molar-refractivity contribution in [3.8, 4) is 11.4 Å². The molecule has 2 aromatic carbocycles. The highest BCUT2D eigenvalue weighted by atomic mass is 16.1. The summed E-state index contributed by atoms with van der Waals surface area (Å²) in [5.74, 6) is -0.185. The van der Waals surface area contributed by atoms with E-state index in [4.69, 9.17) is 0 Å². The Morgan fingerprint density at radius 1 is 1.04 bits per heavy atom. The van der Waals surface area contributed by atoms with Crippen molar-refractivity contribution in [2.45, 2.75) is 6.54 Å². The van der Waals surface area contributed by atoms with Gasteiger partial charge in [-0.3, -0.25) is 4.79 Å². The highest BCUT2D eigenvalue weighted by Gasteiger charge is 2.12. The maximum absolute atomic E-state index is 12.6. The third-order valence-electron chi connectivity index (χ3n) is 3.94. The number of tetrazole rings is 1. The lowest BCUT2D eigenvalue weighted by molar-refractivity contribution is 0.0950. The molecule has 128 valence electrons. The number of imidazole rings is 1. The Kier molecular flexibility index (Phi) is 4.21. The SMILES string of the molecule is O=C(NCc1ccc(-n2ccnc2)cc1)c1ccccc1-n1cnnn1. The number of nitrogens with zero attached hydrogens (tertiary/aromatic N) is 6. The van der Waals surface area contributed by atoms with Gasteiger partial charge in [0.25, 0.3) is 5.91 Å². The van der Waals surface area contributed by atoms with E-state index in [1.807, 2.05) is 47.2 Å². The zero-order valence-corrected chi connectivity index (χ0v) is 13.7. The predicted octanol–water partition coefficient (Wildman–Crippen LogP) is 1.78. The van der Waals surface area contributed by atoms with Crippen LogP contribution < -0.4 is 5.32 Å². The molecule has 1 amide bonds. The van der Waals surface area contributed by atoms with Crippen LogP contribution in [0.1, 0.15) is 15.9 Å². The van der Waals surface area contributed by atoms with Gasteiger partial charge in [-0.25, -0.2) is 4.98 Å². The molecule has 0 atom stereocenters. The molecule has 0 fully saturated rings. The number of aromatic nitrogens is 6. The van der Waals surface area contributed by atoms with Crippen LogP contribution in [0.15, 0.2) is 73.6 Å². The second kappa shape index (κ2) is 6.98. The molecule has 0 radical (unpaired) electrons. The molecule has 2 aromatic heterocycles. The largest absolute Gasteiger partial charge is 0.348 e. The van der Waals surface area contributed by atoms with Crippen LogP contribution in [0, 0.1) is 0 Å². The molecule has 0 saturated carbocycles. The van der Waals surface area contributed by atoms with E-state index in [9.17, 15) is 4.79 Å². The number of carbonyl (C=O) groups excluding carboxylic acids is 1. The summed E-state index contributed by atoms with van der Waals surface area (Å²) < 4.78 is 3.39. The lowest BCUT2D eigenvalue weighted by Crippen LogP contribution is -2.24. The average molecular weight is 345 g/mol. The van der Waals surface area contributed by atoms with Gasteiger partial charge in [0.05, 0.1) is 17.6 Å². The quantitative estimate of drug-likeness (QED) is 0.595. The van der Waals surface area contributed by atoms with E-state index in [1.54, 1.807) is 24.7 Å². The number of hydrogen-bond acceptors (Lipinski definition) is 5. The molecule has 4 aromatic rings. The first-order chi connectivity index (χ1) is 12.8. The van der Waals surface area contributed by atoms with Crippen LogP contribution in [0.2, 0.25) is 0 Å². The molecular weight excluding hydrogens is 330 g/mol. The maximum Gasteiger partial charge on any atom is 0.253 e. The van der Waals surface area contributed by atoms with Gasteiger partial charge in [-0.05, 0) is 40.3 Å². The van der Waals surface area contributed by atoms with Crippen LogP contribution in [-0.2, 0) is 6.54 Å². The summed E-state index contributed by atoms with van der Waals surface area (Å²) in [6.45, 7) is 0.424. The molecule has 8 heteroatoms. The number of benzene rings is 2. The number of amides is 1. The first-order valence-electron chi connectivity index (χ1n) is 7.99. The second-order valence-electron chi connectivity index (χ2n) is 5.59. The van der Waals surface area contributed by atoms with E-state index in [1.165, 1.54) is 11.0 Å². The molecule has 8 nitrogen and oxygen atoms in total. The molecule has 0 aliphatic heterocycles. The van der Waals surface area contributed by atoms with Gasteiger partial charge in [-0.15, -0.1) is 5.10 Å². The van der Waals surface area contributed by atoms with Crippen molar-refractivity contribution < 1.29 is 4.79 Å². The lowest BCUT2D eigenvalue weighted by Gasteiger charge is -2.10. The van der Waals surface area contributed by atoms with E-state index in [-0.39, 0.29) is 5.91 Å². The summed E-state index contributed by atoms with van der Waals surface area (Å²) in [6.07, 6.45) is 6.82. The summed E-state index contributed by atoms with van der Waals surface area (Å²) in [7, 11) is 0. The van der Waals surface area contributed by atoms with Gasteiger partial charge in [-0.2, -0.15) is 4.68 Å². The van der Waals surface area contributed by atoms with E-state index in [0.717, 1.165) is 11.3 Å². The van der Waals surface area contributed by atoms with Gasteiger partial charge in [0.15, 0.2) is 0 Å². The topological polar surface area (TPSA) is 90.5 Å². The van der Waals surface area contributed by atoms with Gasteiger partial charge in [0.1, 0.15) is 6.33 Å². The van der Waals surface area contributed by atoms with Gasteiger partial charge in [-0.1, -0.05) is 24.3 Å². The van der Waals surface area contributed by atoms with E-state index < -0.39 is 0 Å². The number of nitrogens with one attached hydrogen (secondary N) is 1. The Labute approximate surface area is 149 Å². The Morgan fingerprint density at radius 2 is 1.88 bits per heavy atom. The smallest absolute Gasteiger partial charge is 0.253 e. The lowest BCUT2D eigenvalue weighted by atomic mass is 10.1. The molecule has 0 aliphatic rings. The average Bonchev–Trinajstić information content (AvgIpc) is 3.40. The number of para-hydroxylation sites is 1. The summed E-state index contributed by atoms with van der Waals surface area (Å²) >= 11 is 0. The molecular formula is C18H15N7O. The van der Waals surface area contributed by atoms with Crippen molar-refractivity contribution in [1.29, 1.82) is 0 Å². The van der Waals surface area contributed by atoms with E-state index in [0.29, 0.717) is 17.8 Å². The van der Waals surface area contributed by atoms with Crippen LogP contribution in [0.3, 0.4) is 0 Å². The molecule has 0 saturated heterocycles. The Morgan fingerprint density at radius 3 is 2.62 bits per heavy atom. The van der Waals surface area contributed by atoms with Gasteiger partial charge >= 0.3 is 0 Å². The highest BCUT2D eigenvalue weighted by Crippen LogP contribution is 2.13. The van der Waals surface area contributed by atoms with Crippen molar-refractivity contribution >= 4 is 5.91 Å². The van der Waals surface area contributed by atoms with Gasteiger partial charge < -0.3 is 9.88 Å². The van der Waals surface area contributed by atoms with Crippen molar-refractivity contribution in [1.82, 2.24) is 35.1 Å². The third kappa shape index (κ3) is 3.20. The first kappa shape index (κ1) is 15.7. The zero-order valence-electron chi connectivity index (χ0n) is 13.7. The van der Waals surface area contributed by atoms with Crippen LogP contribution in [-0.4, -0.2) is 35.7 Å². The molecule has 0 unspecified atom stereocenters. The predicted molar refractivity (Wildman–Crippen MR) is 93.9 cm³/mol. The first-order valence-corrected chi connectivity index (χ1v) is 7.99. The molecule has 2 heterocycles. The molecule has 1 N–H and O–H groups in total. The third-order valence-corrected chi connectivity index (χ3v) is 3.94. The Hall–Kier alpha value is -3.81. The van der Waals surface area contributed by atoms with Crippen LogP contribution in [0.4, 0.5) is 0 Å². The summed E-state index contributed by atoms with van der Waals surface area (Å²) in [5.41, 5.74) is 3.16. The minimum atomic E-state index is -0.185. The number of carbonyl (C=O) groups is 1. The highest BCUT2D eigenvalue weighted by molar-refractivity contribution is 5.97. The molecule has 0 bridgehead atoms. The summed E-state index contributed by atoms with van der Waals surface area (Å²) in [4.78, 5) is 16.6. The fraction of sp³-hybridized carbons (Fsp3) is 0.0556. The summed E-state index contributed by atoms with van der Waals surface area (Å²) in [6, 6.07) is 15.1.